The number of para-hydroxylation sites is 1. The highest BCUT2D eigenvalue weighted by Crippen LogP contribution is 2.26. The van der Waals surface area contributed by atoms with E-state index in [1.165, 1.54) is 9.47 Å². The number of rotatable bonds is 11. The van der Waals surface area contributed by atoms with E-state index in [1.807, 2.05) is 62.4 Å². The minimum Gasteiger partial charge on any atom is -0.483 e. The molecule has 0 atom stereocenters. The minimum atomic E-state index is -0.731. The van der Waals surface area contributed by atoms with Crippen LogP contribution in [0.1, 0.15) is 37.3 Å². The van der Waals surface area contributed by atoms with E-state index in [0.29, 0.717) is 18.8 Å². The Morgan fingerprint density at radius 2 is 1.77 bits per heavy atom. The summed E-state index contributed by atoms with van der Waals surface area (Å²) in [4.78, 5) is 42.3. The average molecular weight is 481 g/mol. The van der Waals surface area contributed by atoms with E-state index in [1.54, 1.807) is 13.2 Å². The van der Waals surface area contributed by atoms with Crippen molar-refractivity contribution in [1.29, 1.82) is 0 Å². The predicted octanol–water partition coefficient (Wildman–Crippen LogP) is 2.74. The number of amides is 1. The van der Waals surface area contributed by atoms with Gasteiger partial charge in [0, 0.05) is 20.3 Å². The van der Waals surface area contributed by atoms with Gasteiger partial charge in [-0.15, -0.1) is 0 Å². The molecule has 35 heavy (non-hydrogen) atoms. The number of anilines is 2. The minimum absolute atomic E-state index is 0.0811. The second kappa shape index (κ2) is 12.0. The predicted molar refractivity (Wildman–Crippen MR) is 136 cm³/mol. The molecule has 0 saturated carbocycles. The zero-order valence-corrected chi connectivity index (χ0v) is 20.3. The molecule has 3 rings (SSSR count). The SMILES string of the molecule is COCCCN(C(=O)COc1ccccc1C(C)C)c1c(N)n(Cc2ccccc2)c(=O)[nH]c1=O. The van der Waals surface area contributed by atoms with Crippen LogP contribution < -0.4 is 26.6 Å². The molecular weight excluding hydrogens is 448 g/mol. The van der Waals surface area contributed by atoms with Crippen LogP contribution in [0, 0.1) is 0 Å². The smallest absolute Gasteiger partial charge is 0.330 e. The molecule has 1 heterocycles. The molecule has 3 aromatic rings. The van der Waals surface area contributed by atoms with E-state index < -0.39 is 17.2 Å². The number of hydrogen-bond acceptors (Lipinski definition) is 6. The first-order valence-electron chi connectivity index (χ1n) is 11.5. The highest BCUT2D eigenvalue weighted by Gasteiger charge is 2.25. The number of carbonyl (C=O) groups excluding carboxylic acids is 1. The van der Waals surface area contributed by atoms with Gasteiger partial charge in [0.2, 0.25) is 0 Å². The van der Waals surface area contributed by atoms with E-state index in [9.17, 15) is 14.4 Å². The van der Waals surface area contributed by atoms with Gasteiger partial charge in [-0.2, -0.15) is 0 Å². The monoisotopic (exact) mass is 480 g/mol. The van der Waals surface area contributed by atoms with Crippen LogP contribution >= 0.6 is 0 Å². The summed E-state index contributed by atoms with van der Waals surface area (Å²) in [5.74, 6) is 0.264. The summed E-state index contributed by atoms with van der Waals surface area (Å²) in [6.45, 7) is 4.47. The van der Waals surface area contributed by atoms with Gasteiger partial charge in [0.05, 0.1) is 6.54 Å². The molecule has 0 bridgehead atoms. The summed E-state index contributed by atoms with van der Waals surface area (Å²) < 4.78 is 12.2. The lowest BCUT2D eigenvalue weighted by atomic mass is 10.0. The lowest BCUT2D eigenvalue weighted by molar-refractivity contribution is -0.120. The first kappa shape index (κ1) is 25.8. The molecule has 0 fully saturated rings. The van der Waals surface area contributed by atoms with Crippen LogP contribution in [0.15, 0.2) is 64.2 Å². The van der Waals surface area contributed by atoms with Crippen molar-refractivity contribution in [3.63, 3.8) is 0 Å². The van der Waals surface area contributed by atoms with Crippen molar-refractivity contribution in [3.05, 3.63) is 86.6 Å². The fourth-order valence-electron chi connectivity index (χ4n) is 3.80. The van der Waals surface area contributed by atoms with Crippen molar-refractivity contribution in [3.8, 4) is 5.75 Å². The molecule has 0 radical (unpaired) electrons. The molecule has 0 aliphatic rings. The Bertz CT molecular complexity index is 1250. The fourth-order valence-corrected chi connectivity index (χ4v) is 3.80. The van der Waals surface area contributed by atoms with Crippen molar-refractivity contribution in [1.82, 2.24) is 9.55 Å². The molecule has 0 saturated heterocycles. The number of carbonyl (C=O) groups is 1. The van der Waals surface area contributed by atoms with Gasteiger partial charge >= 0.3 is 5.69 Å². The zero-order valence-electron chi connectivity index (χ0n) is 20.3. The van der Waals surface area contributed by atoms with E-state index in [-0.39, 0.29) is 37.1 Å². The summed E-state index contributed by atoms with van der Waals surface area (Å²) in [6, 6.07) is 16.7. The van der Waals surface area contributed by atoms with Gasteiger partial charge < -0.3 is 20.1 Å². The lowest BCUT2D eigenvalue weighted by Crippen LogP contribution is -2.43. The van der Waals surface area contributed by atoms with E-state index in [4.69, 9.17) is 15.2 Å². The molecule has 1 amide bonds. The number of ether oxygens (including phenoxy) is 2. The number of H-pyrrole nitrogens is 1. The second-order valence-electron chi connectivity index (χ2n) is 8.44. The van der Waals surface area contributed by atoms with Gasteiger partial charge in [0.1, 0.15) is 11.6 Å². The number of methoxy groups -OCH3 is 1. The zero-order chi connectivity index (χ0) is 25.4. The van der Waals surface area contributed by atoms with E-state index in [2.05, 4.69) is 4.98 Å². The topological polar surface area (TPSA) is 120 Å². The highest BCUT2D eigenvalue weighted by molar-refractivity contribution is 5.96. The molecule has 2 aromatic carbocycles. The Hall–Kier alpha value is -3.85. The summed E-state index contributed by atoms with van der Waals surface area (Å²) >= 11 is 0. The summed E-state index contributed by atoms with van der Waals surface area (Å²) in [6.07, 6.45) is 0.460. The maximum absolute atomic E-state index is 13.3. The van der Waals surface area contributed by atoms with Crippen molar-refractivity contribution in [2.45, 2.75) is 32.7 Å². The van der Waals surface area contributed by atoms with Gasteiger partial charge in [0.15, 0.2) is 12.3 Å². The van der Waals surface area contributed by atoms with Crippen LogP contribution in [0.25, 0.3) is 0 Å². The normalized spacial score (nSPS) is 11.0. The molecule has 1 aromatic heterocycles. The lowest BCUT2D eigenvalue weighted by Gasteiger charge is -2.25. The number of aromatic amines is 1. The summed E-state index contributed by atoms with van der Waals surface area (Å²) in [7, 11) is 1.55. The molecular formula is C26H32N4O5. The van der Waals surface area contributed by atoms with Gasteiger partial charge in [-0.25, -0.2) is 4.79 Å². The number of aromatic nitrogens is 2. The van der Waals surface area contributed by atoms with Crippen molar-refractivity contribution in [2.24, 2.45) is 0 Å². The third kappa shape index (κ3) is 6.39. The third-order valence-electron chi connectivity index (χ3n) is 5.59. The summed E-state index contributed by atoms with van der Waals surface area (Å²) in [5.41, 5.74) is 6.66. The quantitative estimate of drug-likeness (QED) is 0.407. The average Bonchev–Trinajstić information content (AvgIpc) is 2.85. The molecule has 9 nitrogen and oxygen atoms in total. The van der Waals surface area contributed by atoms with Gasteiger partial charge in [-0.1, -0.05) is 62.4 Å². The van der Waals surface area contributed by atoms with Crippen molar-refractivity contribution in [2.75, 3.05) is 37.5 Å². The standard InChI is InChI=1S/C26H32N4O5/c1-18(2)20-12-7-8-13-21(20)35-17-22(31)29(14-9-15-34-3)23-24(27)30(26(33)28-25(23)32)16-19-10-5-4-6-11-19/h4-8,10-13,18H,9,14-17,27H2,1-3H3,(H,28,32,33). The van der Waals surface area contributed by atoms with Gasteiger partial charge in [-0.3, -0.25) is 19.1 Å². The van der Waals surface area contributed by atoms with Crippen LogP contribution in [0.2, 0.25) is 0 Å². The molecule has 0 spiro atoms. The summed E-state index contributed by atoms with van der Waals surface area (Å²) in [5, 5.41) is 0. The maximum Gasteiger partial charge on any atom is 0.330 e. The molecule has 0 unspecified atom stereocenters. The third-order valence-corrected chi connectivity index (χ3v) is 5.59. The fraction of sp³-hybridized carbons (Fsp3) is 0.346. The Balaban J connectivity index is 1.94. The Kier molecular flexibility index (Phi) is 8.86. The number of benzene rings is 2. The molecule has 3 N–H and O–H groups in total. The Morgan fingerprint density at radius 3 is 2.46 bits per heavy atom. The first-order chi connectivity index (χ1) is 16.8. The number of nitrogens with zero attached hydrogens (tertiary/aromatic N) is 2. The molecule has 0 aliphatic carbocycles. The molecule has 0 aliphatic heterocycles. The van der Waals surface area contributed by atoms with Crippen molar-refractivity contribution < 1.29 is 14.3 Å². The van der Waals surface area contributed by atoms with E-state index in [0.717, 1.165) is 11.1 Å². The number of nitrogens with two attached hydrogens (primary N) is 1. The number of nitrogens with one attached hydrogen (secondary N) is 1. The first-order valence-corrected chi connectivity index (χ1v) is 11.5. The highest BCUT2D eigenvalue weighted by atomic mass is 16.5. The Morgan fingerprint density at radius 1 is 1.09 bits per heavy atom. The van der Waals surface area contributed by atoms with Crippen LogP contribution in [0.3, 0.4) is 0 Å². The molecule has 9 heteroatoms. The van der Waals surface area contributed by atoms with Crippen LogP contribution in [-0.4, -0.2) is 42.3 Å². The second-order valence-corrected chi connectivity index (χ2v) is 8.44. The number of nitrogen functional groups attached to an aromatic ring is 1. The Labute approximate surface area is 204 Å². The largest absolute Gasteiger partial charge is 0.483 e. The van der Waals surface area contributed by atoms with Gasteiger partial charge in [-0.05, 0) is 29.5 Å². The number of hydrogen-bond donors (Lipinski definition) is 2. The van der Waals surface area contributed by atoms with Crippen molar-refractivity contribution >= 4 is 17.4 Å². The van der Waals surface area contributed by atoms with Crippen LogP contribution in [-0.2, 0) is 16.1 Å². The van der Waals surface area contributed by atoms with E-state index >= 15 is 0 Å². The van der Waals surface area contributed by atoms with Crippen LogP contribution in [0.5, 0.6) is 5.75 Å². The van der Waals surface area contributed by atoms with Crippen LogP contribution in [0.4, 0.5) is 11.5 Å². The maximum atomic E-state index is 13.3. The van der Waals surface area contributed by atoms with Gasteiger partial charge in [0.25, 0.3) is 11.5 Å². The molecule has 186 valence electrons.